The number of aryl methyl sites for hydroxylation is 1. The van der Waals surface area contributed by atoms with Gasteiger partial charge in [-0.05, 0) is 37.5 Å². The zero-order valence-electron chi connectivity index (χ0n) is 13.9. The Balaban J connectivity index is 0.00000484. The summed E-state index contributed by atoms with van der Waals surface area (Å²) in [6.07, 6.45) is 1.32. The highest BCUT2D eigenvalue weighted by molar-refractivity contribution is 7.89. The highest BCUT2D eigenvalue weighted by atomic mass is 35.5. The van der Waals surface area contributed by atoms with Crippen molar-refractivity contribution in [3.8, 4) is 0 Å². The number of benzene rings is 1. The average molecular weight is 365 g/mol. The number of hydrogen-bond acceptors (Lipinski definition) is 5. The van der Waals surface area contributed by atoms with E-state index >= 15 is 0 Å². The highest BCUT2D eigenvalue weighted by Crippen LogP contribution is 2.17. The summed E-state index contributed by atoms with van der Waals surface area (Å²) in [4.78, 5) is 11.7. The molecule has 132 valence electrons. The first-order chi connectivity index (χ1) is 10.2. The van der Waals surface area contributed by atoms with Crippen molar-refractivity contribution >= 4 is 28.4 Å². The number of nitrogens with one attached hydrogen (secondary N) is 1. The smallest absolute Gasteiger partial charge is 0.338 e. The van der Waals surface area contributed by atoms with E-state index in [0.29, 0.717) is 18.4 Å². The van der Waals surface area contributed by atoms with Crippen LogP contribution in [-0.2, 0) is 14.8 Å². The van der Waals surface area contributed by atoms with E-state index in [4.69, 9.17) is 5.73 Å². The topological polar surface area (TPSA) is 98.5 Å². The summed E-state index contributed by atoms with van der Waals surface area (Å²) in [6.45, 7) is 5.69. The van der Waals surface area contributed by atoms with E-state index in [0.717, 1.165) is 0 Å². The van der Waals surface area contributed by atoms with Crippen LogP contribution in [0.25, 0.3) is 0 Å². The van der Waals surface area contributed by atoms with Crippen LogP contribution in [0.3, 0.4) is 0 Å². The van der Waals surface area contributed by atoms with Gasteiger partial charge < -0.3 is 10.5 Å². The Bertz CT molecular complexity index is 643. The fraction of sp³-hybridized carbons (Fsp3) is 0.533. The fourth-order valence-corrected chi connectivity index (χ4v) is 3.08. The lowest BCUT2D eigenvalue weighted by Crippen LogP contribution is -2.49. The lowest BCUT2D eigenvalue weighted by Gasteiger charge is -2.26. The maximum Gasteiger partial charge on any atom is 0.338 e. The first kappa shape index (κ1) is 21.9. The molecule has 0 fully saturated rings. The summed E-state index contributed by atoms with van der Waals surface area (Å²) in [5, 5.41) is 0. The predicted octanol–water partition coefficient (Wildman–Crippen LogP) is 2.00. The van der Waals surface area contributed by atoms with Crippen LogP contribution in [0.15, 0.2) is 23.1 Å². The monoisotopic (exact) mass is 364 g/mol. The number of ether oxygens (including phenoxy) is 1. The minimum absolute atomic E-state index is 0. The second kappa shape index (κ2) is 8.63. The molecule has 0 heterocycles. The van der Waals surface area contributed by atoms with Crippen molar-refractivity contribution < 1.29 is 17.9 Å². The van der Waals surface area contributed by atoms with E-state index in [-0.39, 0.29) is 29.4 Å². The van der Waals surface area contributed by atoms with Gasteiger partial charge in [0, 0.05) is 12.1 Å². The molecule has 0 saturated carbocycles. The summed E-state index contributed by atoms with van der Waals surface area (Å²) < 4.78 is 31.9. The molecule has 1 rings (SSSR count). The van der Waals surface area contributed by atoms with Gasteiger partial charge in [0.25, 0.3) is 0 Å². The molecule has 3 N–H and O–H groups in total. The van der Waals surface area contributed by atoms with Crippen LogP contribution >= 0.6 is 12.4 Å². The van der Waals surface area contributed by atoms with Gasteiger partial charge >= 0.3 is 5.97 Å². The Morgan fingerprint density at radius 2 is 1.87 bits per heavy atom. The number of carbonyl (C=O) groups is 1. The molecule has 0 aliphatic heterocycles. The number of carbonyl (C=O) groups excluding carboxylic acids is 1. The first-order valence-corrected chi connectivity index (χ1v) is 8.65. The Hall–Kier alpha value is -1.15. The molecule has 0 saturated heterocycles. The fourth-order valence-electron chi connectivity index (χ4n) is 1.92. The van der Waals surface area contributed by atoms with Crippen LogP contribution in [0.5, 0.6) is 0 Å². The van der Waals surface area contributed by atoms with E-state index in [9.17, 15) is 13.2 Å². The number of sulfonamides is 1. The molecule has 0 radical (unpaired) electrons. The summed E-state index contributed by atoms with van der Waals surface area (Å²) in [5.74, 6) is -0.565. The van der Waals surface area contributed by atoms with Crippen LogP contribution in [0.1, 0.15) is 42.6 Å². The van der Waals surface area contributed by atoms with Crippen molar-refractivity contribution in [1.82, 2.24) is 4.72 Å². The standard InChI is InChI=1S/C15H24N2O4S.ClH/c1-5-15(16,6-2)10-17-22(19,20)12-8-7-11(3)13(9-12)14(18)21-4;/h7-9,17H,5-6,10,16H2,1-4H3;1H. The van der Waals surface area contributed by atoms with Gasteiger partial charge in [0.05, 0.1) is 17.6 Å². The molecule has 1 aromatic rings. The molecule has 0 spiro atoms. The SMILES string of the molecule is CCC(N)(CC)CNS(=O)(=O)c1ccc(C)c(C(=O)OC)c1.Cl. The van der Waals surface area contributed by atoms with Crippen molar-refractivity contribution in [2.24, 2.45) is 5.73 Å². The Morgan fingerprint density at radius 1 is 1.30 bits per heavy atom. The number of nitrogens with two attached hydrogens (primary N) is 1. The van der Waals surface area contributed by atoms with Gasteiger partial charge in [0.15, 0.2) is 0 Å². The molecule has 0 amide bonds. The molecule has 23 heavy (non-hydrogen) atoms. The molecule has 0 aliphatic rings. The number of halogens is 1. The Labute approximate surface area is 144 Å². The molecule has 0 aromatic heterocycles. The molecule has 0 aliphatic carbocycles. The minimum atomic E-state index is -3.73. The van der Waals surface area contributed by atoms with Gasteiger partial charge in [-0.25, -0.2) is 17.9 Å². The average Bonchev–Trinajstić information content (AvgIpc) is 2.52. The van der Waals surface area contributed by atoms with Crippen LogP contribution in [0.4, 0.5) is 0 Å². The second-order valence-corrected chi connectivity index (χ2v) is 7.13. The predicted molar refractivity (Wildman–Crippen MR) is 92.5 cm³/mol. The number of rotatable bonds is 7. The van der Waals surface area contributed by atoms with Crippen molar-refractivity contribution in [1.29, 1.82) is 0 Å². The maximum atomic E-state index is 12.4. The van der Waals surface area contributed by atoms with E-state index in [1.807, 2.05) is 13.8 Å². The Morgan fingerprint density at radius 3 is 2.35 bits per heavy atom. The van der Waals surface area contributed by atoms with Crippen molar-refractivity contribution in [2.75, 3.05) is 13.7 Å². The summed E-state index contributed by atoms with van der Waals surface area (Å²) in [5.41, 5.74) is 6.41. The van der Waals surface area contributed by atoms with Gasteiger partial charge in [-0.15, -0.1) is 12.4 Å². The van der Waals surface area contributed by atoms with Crippen LogP contribution in [0.2, 0.25) is 0 Å². The lowest BCUT2D eigenvalue weighted by atomic mass is 9.95. The first-order valence-electron chi connectivity index (χ1n) is 7.16. The number of methoxy groups -OCH3 is 1. The van der Waals surface area contributed by atoms with Crippen molar-refractivity contribution in [3.63, 3.8) is 0 Å². The van der Waals surface area contributed by atoms with Crippen molar-refractivity contribution in [2.45, 2.75) is 44.0 Å². The van der Waals surface area contributed by atoms with Crippen molar-refractivity contribution in [3.05, 3.63) is 29.3 Å². The molecular formula is C15H25ClN2O4S. The molecule has 0 atom stereocenters. The summed E-state index contributed by atoms with van der Waals surface area (Å²) >= 11 is 0. The quantitative estimate of drug-likeness (QED) is 0.721. The number of hydrogen-bond donors (Lipinski definition) is 2. The lowest BCUT2D eigenvalue weighted by molar-refractivity contribution is 0.0599. The van der Waals surface area contributed by atoms with E-state index in [1.54, 1.807) is 13.0 Å². The second-order valence-electron chi connectivity index (χ2n) is 5.36. The third-order valence-electron chi connectivity index (χ3n) is 3.95. The van der Waals surface area contributed by atoms with Gasteiger partial charge in [-0.3, -0.25) is 0 Å². The molecule has 1 aromatic carbocycles. The largest absolute Gasteiger partial charge is 0.465 e. The molecule has 6 nitrogen and oxygen atoms in total. The van der Waals surface area contributed by atoms with Gasteiger partial charge in [-0.1, -0.05) is 19.9 Å². The third-order valence-corrected chi connectivity index (χ3v) is 5.35. The maximum absolute atomic E-state index is 12.4. The van der Waals surface area contributed by atoms with Crippen LogP contribution in [-0.4, -0.2) is 33.6 Å². The summed E-state index contributed by atoms with van der Waals surface area (Å²) in [7, 11) is -2.48. The van der Waals surface area contributed by atoms with Gasteiger partial charge in [0.1, 0.15) is 0 Å². The van der Waals surface area contributed by atoms with Crippen LogP contribution < -0.4 is 10.5 Å². The van der Waals surface area contributed by atoms with E-state index in [2.05, 4.69) is 9.46 Å². The zero-order chi connectivity index (χ0) is 17.0. The zero-order valence-corrected chi connectivity index (χ0v) is 15.5. The molecule has 0 bridgehead atoms. The normalized spacial score (nSPS) is 11.7. The highest BCUT2D eigenvalue weighted by Gasteiger charge is 2.25. The van der Waals surface area contributed by atoms with E-state index < -0.39 is 21.5 Å². The third kappa shape index (κ3) is 5.46. The van der Waals surface area contributed by atoms with Crippen LogP contribution in [0, 0.1) is 6.92 Å². The van der Waals surface area contributed by atoms with E-state index in [1.165, 1.54) is 19.2 Å². The minimum Gasteiger partial charge on any atom is -0.465 e. The Kier molecular flexibility index (Phi) is 8.20. The molecule has 0 unspecified atom stereocenters. The molecular weight excluding hydrogens is 340 g/mol. The van der Waals surface area contributed by atoms with Gasteiger partial charge in [-0.2, -0.15) is 0 Å². The summed E-state index contributed by atoms with van der Waals surface area (Å²) in [6, 6.07) is 4.36. The number of esters is 1. The van der Waals surface area contributed by atoms with Gasteiger partial charge in [0.2, 0.25) is 10.0 Å². The molecule has 8 heteroatoms.